The fraction of sp³-hybridized carbons (Fsp3) is 0.643. The topological polar surface area (TPSA) is 67.3 Å². The van der Waals surface area contributed by atoms with Gasteiger partial charge in [0.2, 0.25) is 0 Å². The number of unbranched alkanes of at least 4 members (excludes halogenated alkanes) is 1. The molecule has 20 heavy (non-hydrogen) atoms. The molecule has 1 N–H and O–H groups in total. The summed E-state index contributed by atoms with van der Waals surface area (Å²) >= 11 is 0. The van der Waals surface area contributed by atoms with E-state index >= 15 is 0 Å². The molecule has 0 saturated heterocycles. The molecule has 0 aliphatic heterocycles. The number of carbonyl (C=O) groups is 1. The lowest BCUT2D eigenvalue weighted by atomic mass is 10.3. The number of nitrogens with zero attached hydrogens (tertiary/aromatic N) is 3. The van der Waals surface area contributed by atoms with Crippen molar-refractivity contribution in [1.29, 1.82) is 0 Å². The van der Waals surface area contributed by atoms with E-state index in [9.17, 15) is 4.79 Å². The zero-order chi connectivity index (χ0) is 15.0. The Balaban J connectivity index is 2.27. The van der Waals surface area contributed by atoms with Crippen LogP contribution in [0.25, 0.3) is 0 Å². The van der Waals surface area contributed by atoms with Crippen LogP contribution < -0.4 is 5.32 Å². The quantitative estimate of drug-likeness (QED) is 0.735. The summed E-state index contributed by atoms with van der Waals surface area (Å²) < 4.78 is 5.46. The molecular weight excluding hydrogens is 256 g/mol. The van der Waals surface area contributed by atoms with Crippen LogP contribution in [-0.2, 0) is 4.74 Å². The molecule has 0 saturated carbocycles. The Labute approximate surface area is 120 Å². The molecule has 0 spiro atoms. The van der Waals surface area contributed by atoms with Gasteiger partial charge in [0.05, 0.1) is 6.10 Å². The van der Waals surface area contributed by atoms with Crippen LogP contribution >= 0.6 is 0 Å². The van der Waals surface area contributed by atoms with Crippen LogP contribution in [0.2, 0.25) is 0 Å². The van der Waals surface area contributed by atoms with Gasteiger partial charge in [-0.2, -0.15) is 0 Å². The predicted octanol–water partition coefficient (Wildman–Crippen LogP) is 1.80. The average molecular weight is 280 g/mol. The molecule has 0 unspecified atom stereocenters. The number of aromatic nitrogens is 2. The molecular formula is C14H24N4O2. The van der Waals surface area contributed by atoms with E-state index in [0.717, 1.165) is 26.0 Å². The molecule has 112 valence electrons. The molecule has 0 fully saturated rings. The molecule has 0 atom stereocenters. The fourth-order valence-corrected chi connectivity index (χ4v) is 1.53. The first-order chi connectivity index (χ1) is 9.50. The van der Waals surface area contributed by atoms with E-state index in [1.165, 1.54) is 4.90 Å². The molecule has 0 bridgehead atoms. The van der Waals surface area contributed by atoms with E-state index in [1.807, 2.05) is 13.8 Å². The van der Waals surface area contributed by atoms with Gasteiger partial charge in [-0.3, -0.25) is 4.79 Å². The molecule has 6 nitrogen and oxygen atoms in total. The van der Waals surface area contributed by atoms with E-state index in [-0.39, 0.29) is 12.0 Å². The largest absolute Gasteiger partial charge is 0.379 e. The van der Waals surface area contributed by atoms with Crippen LogP contribution in [0, 0.1) is 0 Å². The normalized spacial score (nSPS) is 10.7. The minimum absolute atomic E-state index is 0.144. The lowest BCUT2D eigenvalue weighted by Crippen LogP contribution is -2.23. The first-order valence-electron chi connectivity index (χ1n) is 6.91. The predicted molar refractivity (Wildman–Crippen MR) is 78.9 cm³/mol. The van der Waals surface area contributed by atoms with E-state index in [2.05, 4.69) is 15.5 Å². The number of nitrogens with one attached hydrogen (secondary N) is 1. The maximum Gasteiger partial charge on any atom is 0.273 e. The van der Waals surface area contributed by atoms with Gasteiger partial charge in [-0.25, -0.2) is 0 Å². The lowest BCUT2D eigenvalue weighted by Gasteiger charge is -2.10. The highest BCUT2D eigenvalue weighted by Gasteiger charge is 2.09. The fourth-order valence-electron chi connectivity index (χ4n) is 1.53. The molecule has 0 aromatic carbocycles. The number of hydrogen-bond acceptors (Lipinski definition) is 5. The SMILES string of the molecule is CC(C)OCCCCNc1ccc(C(=O)N(C)C)nn1. The van der Waals surface area contributed by atoms with Gasteiger partial charge in [-0.1, -0.05) is 0 Å². The number of rotatable bonds is 8. The summed E-state index contributed by atoms with van der Waals surface area (Å²) in [7, 11) is 3.38. The number of ether oxygens (including phenoxy) is 1. The number of carbonyl (C=O) groups excluding carboxylic acids is 1. The summed E-state index contributed by atoms with van der Waals surface area (Å²) in [5, 5.41) is 11.1. The lowest BCUT2D eigenvalue weighted by molar-refractivity contribution is 0.0764. The summed E-state index contributed by atoms with van der Waals surface area (Å²) in [5.74, 6) is 0.542. The highest BCUT2D eigenvalue weighted by atomic mass is 16.5. The van der Waals surface area contributed by atoms with Gasteiger partial charge in [0, 0.05) is 27.2 Å². The van der Waals surface area contributed by atoms with Crippen LogP contribution in [0.15, 0.2) is 12.1 Å². The minimum Gasteiger partial charge on any atom is -0.379 e. The number of amides is 1. The van der Waals surface area contributed by atoms with Crippen molar-refractivity contribution >= 4 is 11.7 Å². The van der Waals surface area contributed by atoms with Crippen molar-refractivity contribution in [1.82, 2.24) is 15.1 Å². The van der Waals surface area contributed by atoms with Crippen molar-refractivity contribution in [2.24, 2.45) is 0 Å². The van der Waals surface area contributed by atoms with Gasteiger partial charge in [0.15, 0.2) is 5.69 Å². The molecule has 1 heterocycles. The third-order valence-corrected chi connectivity index (χ3v) is 2.62. The summed E-state index contributed by atoms with van der Waals surface area (Å²) in [4.78, 5) is 13.1. The monoisotopic (exact) mass is 280 g/mol. The molecule has 0 aliphatic rings. The highest BCUT2D eigenvalue weighted by molar-refractivity contribution is 5.91. The zero-order valence-corrected chi connectivity index (χ0v) is 12.7. The van der Waals surface area contributed by atoms with Crippen LogP contribution in [0.4, 0.5) is 5.82 Å². The van der Waals surface area contributed by atoms with Crippen molar-refractivity contribution in [2.75, 3.05) is 32.6 Å². The van der Waals surface area contributed by atoms with Gasteiger partial charge >= 0.3 is 0 Å². The molecule has 6 heteroatoms. The highest BCUT2D eigenvalue weighted by Crippen LogP contribution is 2.04. The summed E-state index contributed by atoms with van der Waals surface area (Å²) in [6.45, 7) is 5.66. The Hall–Kier alpha value is -1.69. The summed E-state index contributed by atoms with van der Waals surface area (Å²) in [6, 6.07) is 3.45. The van der Waals surface area contributed by atoms with Crippen molar-refractivity contribution in [3.8, 4) is 0 Å². The standard InChI is InChI=1S/C14H24N4O2/c1-11(2)20-10-6-5-9-15-13-8-7-12(16-17-13)14(19)18(3)4/h7-8,11H,5-6,9-10H2,1-4H3,(H,15,17). The minimum atomic E-state index is -0.144. The van der Waals surface area contributed by atoms with Crippen LogP contribution in [0.3, 0.4) is 0 Å². The Kier molecular flexibility index (Phi) is 6.93. The molecule has 1 aromatic heterocycles. The van der Waals surface area contributed by atoms with E-state index in [4.69, 9.17) is 4.74 Å². The van der Waals surface area contributed by atoms with E-state index in [0.29, 0.717) is 11.5 Å². The van der Waals surface area contributed by atoms with Gasteiger partial charge < -0.3 is 15.0 Å². The van der Waals surface area contributed by atoms with E-state index in [1.54, 1.807) is 26.2 Å². The van der Waals surface area contributed by atoms with Crippen molar-refractivity contribution in [2.45, 2.75) is 32.8 Å². The van der Waals surface area contributed by atoms with Crippen molar-refractivity contribution in [3.05, 3.63) is 17.8 Å². The molecule has 0 aliphatic carbocycles. The third kappa shape index (κ3) is 5.97. The van der Waals surface area contributed by atoms with E-state index < -0.39 is 0 Å². The van der Waals surface area contributed by atoms with Gasteiger partial charge in [-0.05, 0) is 38.8 Å². The smallest absolute Gasteiger partial charge is 0.273 e. The maximum absolute atomic E-state index is 11.6. The Morgan fingerprint density at radius 2 is 2.05 bits per heavy atom. The molecule has 1 aromatic rings. The van der Waals surface area contributed by atoms with Gasteiger partial charge in [0.1, 0.15) is 5.82 Å². The first kappa shape index (κ1) is 16.4. The van der Waals surface area contributed by atoms with Crippen molar-refractivity contribution in [3.63, 3.8) is 0 Å². The average Bonchev–Trinajstić information content (AvgIpc) is 2.42. The zero-order valence-electron chi connectivity index (χ0n) is 12.7. The summed E-state index contributed by atoms with van der Waals surface area (Å²) in [6.07, 6.45) is 2.30. The number of anilines is 1. The Morgan fingerprint density at radius 3 is 2.60 bits per heavy atom. The number of hydrogen-bond donors (Lipinski definition) is 1. The Morgan fingerprint density at radius 1 is 1.30 bits per heavy atom. The van der Waals surface area contributed by atoms with Crippen molar-refractivity contribution < 1.29 is 9.53 Å². The Bertz CT molecular complexity index is 404. The van der Waals surface area contributed by atoms with Crippen LogP contribution in [-0.4, -0.2) is 54.4 Å². The van der Waals surface area contributed by atoms with Gasteiger partial charge in [0.25, 0.3) is 5.91 Å². The van der Waals surface area contributed by atoms with Gasteiger partial charge in [-0.15, -0.1) is 10.2 Å². The molecule has 0 radical (unpaired) electrons. The molecule has 1 amide bonds. The maximum atomic E-state index is 11.6. The second-order valence-corrected chi connectivity index (χ2v) is 5.06. The third-order valence-electron chi connectivity index (χ3n) is 2.62. The second-order valence-electron chi connectivity index (χ2n) is 5.06. The van der Waals surface area contributed by atoms with Crippen LogP contribution in [0.5, 0.6) is 0 Å². The van der Waals surface area contributed by atoms with Crippen LogP contribution in [0.1, 0.15) is 37.2 Å². The summed E-state index contributed by atoms with van der Waals surface area (Å²) in [5.41, 5.74) is 0.353. The second kappa shape index (κ2) is 8.47. The first-order valence-corrected chi connectivity index (χ1v) is 6.91. The molecule has 1 rings (SSSR count).